The Bertz CT molecular complexity index is 1950. The van der Waals surface area contributed by atoms with Crippen LogP contribution in [0.25, 0.3) is 10.9 Å². The van der Waals surface area contributed by atoms with Gasteiger partial charge in [-0.15, -0.1) is 0 Å². The standard InChI is InChI=1S/C38H48FN5O8S/c1-24-31-27(26-11-8-9-12-28(26)40-24)15-16-37(52-31)22-30-32(45)42-38(34(47)43-53(49,50)36(2)18-19-36)17-14-25(38)10-6-4-3-5-7-13-29(33(46)44(30)23-37)41-35(48)51-21-20-39/h6,8-12,25,29-30H,3-5,7,13-23H2,1-2H3,(H,41,48)(H,42,45)(H,43,47). The third kappa shape index (κ3) is 6.96. The van der Waals surface area contributed by atoms with E-state index in [1.54, 1.807) is 6.92 Å². The quantitative estimate of drug-likeness (QED) is 0.368. The molecule has 0 bridgehead atoms. The zero-order valence-corrected chi connectivity index (χ0v) is 31.1. The van der Waals surface area contributed by atoms with Crippen molar-refractivity contribution >= 4 is 44.7 Å². The van der Waals surface area contributed by atoms with Crippen molar-refractivity contribution in [1.82, 2.24) is 25.2 Å². The zero-order valence-electron chi connectivity index (χ0n) is 30.2. The number of halogens is 1. The van der Waals surface area contributed by atoms with Crippen molar-refractivity contribution in [1.29, 1.82) is 0 Å². The molecule has 3 N–H and O–H groups in total. The maximum Gasteiger partial charge on any atom is 0.407 e. The maximum absolute atomic E-state index is 14.7. The molecular formula is C38H48FN5O8S. The number of para-hydroxylation sites is 1. The van der Waals surface area contributed by atoms with Gasteiger partial charge < -0.3 is 25.0 Å². The molecule has 286 valence electrons. The summed E-state index contributed by atoms with van der Waals surface area (Å²) in [6.45, 7) is 2.13. The van der Waals surface area contributed by atoms with E-state index in [4.69, 9.17) is 14.5 Å². The Morgan fingerprint density at radius 2 is 1.91 bits per heavy atom. The van der Waals surface area contributed by atoms with Gasteiger partial charge in [-0.2, -0.15) is 0 Å². The predicted octanol–water partition coefficient (Wildman–Crippen LogP) is 4.06. The number of nitrogens with one attached hydrogen (secondary N) is 3. The van der Waals surface area contributed by atoms with Crippen LogP contribution in [0.1, 0.15) is 88.8 Å². The van der Waals surface area contributed by atoms with E-state index in [-0.39, 0.29) is 25.8 Å². The minimum Gasteiger partial charge on any atom is -0.483 e. The lowest BCUT2D eigenvalue weighted by Gasteiger charge is -2.48. The van der Waals surface area contributed by atoms with E-state index in [1.807, 2.05) is 43.3 Å². The summed E-state index contributed by atoms with van der Waals surface area (Å²) in [4.78, 5) is 62.2. The Morgan fingerprint density at radius 1 is 1.11 bits per heavy atom. The van der Waals surface area contributed by atoms with Crippen LogP contribution in [0.3, 0.4) is 0 Å². The predicted molar refractivity (Wildman–Crippen MR) is 193 cm³/mol. The van der Waals surface area contributed by atoms with Crippen LogP contribution in [0.2, 0.25) is 0 Å². The number of carbonyl (C=O) groups excluding carboxylic acids is 4. The number of allylic oxidation sites excluding steroid dienone is 1. The SMILES string of the molecule is Cc1nc2ccccc2c2c1OC1(CC2)CC2C(=O)NC3(C(=O)NS(=O)(=O)C4(C)CC4)CCC3C=CCCCCCC(NC(=O)OCCF)C(=O)N2C1. The Kier molecular flexibility index (Phi) is 9.92. The lowest BCUT2D eigenvalue weighted by atomic mass is 9.65. The van der Waals surface area contributed by atoms with Crippen LogP contribution in [0.15, 0.2) is 36.4 Å². The molecule has 2 saturated carbocycles. The molecule has 3 fully saturated rings. The van der Waals surface area contributed by atoms with Crippen molar-refractivity contribution in [2.45, 2.75) is 119 Å². The third-order valence-corrected chi connectivity index (χ3v) is 14.1. The van der Waals surface area contributed by atoms with E-state index in [2.05, 4.69) is 15.4 Å². The molecule has 5 unspecified atom stereocenters. The Hall–Kier alpha value is -4.27. The number of nitrogens with zero attached hydrogens (tertiary/aromatic N) is 2. The smallest absolute Gasteiger partial charge is 0.407 e. The fourth-order valence-corrected chi connectivity index (χ4v) is 9.64. The highest BCUT2D eigenvalue weighted by Gasteiger charge is 2.59. The lowest BCUT2D eigenvalue weighted by molar-refractivity contribution is -0.144. The molecule has 1 spiro atoms. The number of alkyl carbamates (subject to hydrolysis) is 1. The van der Waals surface area contributed by atoms with Crippen molar-refractivity contribution in [3.05, 3.63) is 47.7 Å². The molecule has 3 aliphatic heterocycles. The Morgan fingerprint density at radius 3 is 2.64 bits per heavy atom. The Balaban J connectivity index is 1.24. The molecule has 1 aromatic heterocycles. The number of ether oxygens (including phenoxy) is 2. The topological polar surface area (TPSA) is 173 Å². The minimum absolute atomic E-state index is 0.0165. The molecular weight excluding hydrogens is 706 g/mol. The first-order valence-electron chi connectivity index (χ1n) is 18.7. The summed E-state index contributed by atoms with van der Waals surface area (Å²) >= 11 is 0. The molecule has 4 amide bonds. The van der Waals surface area contributed by atoms with E-state index in [0.717, 1.165) is 29.3 Å². The van der Waals surface area contributed by atoms with E-state index < -0.39 is 81.0 Å². The number of fused-ring (bicyclic) bond motifs is 5. The number of aromatic nitrogens is 1. The van der Waals surface area contributed by atoms with Crippen molar-refractivity contribution in [2.75, 3.05) is 19.8 Å². The molecule has 4 heterocycles. The van der Waals surface area contributed by atoms with Gasteiger partial charge in [0.15, 0.2) is 0 Å². The molecule has 1 aromatic carbocycles. The normalized spacial score (nSPS) is 29.6. The van der Waals surface area contributed by atoms with Gasteiger partial charge in [0, 0.05) is 23.3 Å². The molecule has 13 nitrogen and oxygen atoms in total. The van der Waals surface area contributed by atoms with Crippen molar-refractivity contribution in [3.63, 3.8) is 0 Å². The van der Waals surface area contributed by atoms with Crippen LogP contribution >= 0.6 is 0 Å². The highest BCUT2D eigenvalue weighted by Crippen LogP contribution is 2.47. The van der Waals surface area contributed by atoms with Crippen LogP contribution in [-0.4, -0.2) is 89.9 Å². The number of carbonyl (C=O) groups is 4. The maximum atomic E-state index is 14.7. The summed E-state index contributed by atoms with van der Waals surface area (Å²) in [7, 11) is -4.01. The van der Waals surface area contributed by atoms with Crippen LogP contribution in [0, 0.1) is 12.8 Å². The average molecular weight is 754 g/mol. The molecule has 0 radical (unpaired) electrons. The van der Waals surface area contributed by atoms with Gasteiger partial charge in [0.1, 0.15) is 42.3 Å². The zero-order chi connectivity index (χ0) is 37.6. The van der Waals surface area contributed by atoms with E-state index in [1.165, 1.54) is 4.90 Å². The van der Waals surface area contributed by atoms with Crippen molar-refractivity contribution < 1.29 is 41.5 Å². The number of hydrogen-bond acceptors (Lipinski definition) is 9. The summed E-state index contributed by atoms with van der Waals surface area (Å²) in [5, 5.41) is 6.54. The van der Waals surface area contributed by atoms with Gasteiger partial charge in [-0.25, -0.2) is 22.6 Å². The fraction of sp³-hybridized carbons (Fsp3) is 0.605. The summed E-state index contributed by atoms with van der Waals surface area (Å²) in [5.74, 6) is -1.79. The number of aryl methyl sites for hydroxylation is 2. The Labute approximate surface area is 308 Å². The second-order valence-electron chi connectivity index (χ2n) is 15.6. The minimum atomic E-state index is -4.01. The second kappa shape index (κ2) is 14.2. The van der Waals surface area contributed by atoms with E-state index >= 15 is 0 Å². The lowest BCUT2D eigenvalue weighted by Crippen LogP contribution is -2.70. The number of alkyl halides is 1. The number of rotatable bonds is 6. The van der Waals surface area contributed by atoms with Crippen LogP contribution in [-0.2, 0) is 35.6 Å². The number of amides is 4. The molecule has 2 aromatic rings. The van der Waals surface area contributed by atoms with E-state index in [9.17, 15) is 32.0 Å². The summed E-state index contributed by atoms with van der Waals surface area (Å²) < 4.78 is 52.3. The van der Waals surface area contributed by atoms with Crippen molar-refractivity contribution in [2.24, 2.45) is 5.92 Å². The fourth-order valence-electron chi connectivity index (χ4n) is 8.33. The first-order valence-corrected chi connectivity index (χ1v) is 20.2. The van der Waals surface area contributed by atoms with E-state index in [0.29, 0.717) is 56.4 Å². The third-order valence-electron chi connectivity index (χ3n) is 12.0. The van der Waals surface area contributed by atoms with Crippen LogP contribution in [0.5, 0.6) is 5.75 Å². The van der Waals surface area contributed by atoms with Crippen LogP contribution in [0.4, 0.5) is 9.18 Å². The molecule has 15 heteroatoms. The second-order valence-corrected chi connectivity index (χ2v) is 17.8. The highest BCUT2D eigenvalue weighted by molar-refractivity contribution is 7.91. The molecule has 1 saturated heterocycles. The summed E-state index contributed by atoms with van der Waals surface area (Å²) in [6, 6.07) is 5.60. The molecule has 53 heavy (non-hydrogen) atoms. The van der Waals surface area contributed by atoms with Gasteiger partial charge in [-0.3, -0.25) is 19.1 Å². The van der Waals surface area contributed by atoms with Gasteiger partial charge >= 0.3 is 6.09 Å². The number of hydrogen-bond donors (Lipinski definition) is 3. The number of pyridine rings is 1. The number of benzene rings is 1. The van der Waals surface area contributed by atoms with Gasteiger partial charge in [-0.05, 0) is 77.7 Å². The van der Waals surface area contributed by atoms with Gasteiger partial charge in [0.2, 0.25) is 21.8 Å². The highest BCUT2D eigenvalue weighted by atomic mass is 32.2. The molecule has 7 rings (SSSR count). The first kappa shape index (κ1) is 37.1. The van der Waals surface area contributed by atoms with Gasteiger partial charge in [0.05, 0.1) is 22.5 Å². The molecule has 5 aliphatic rings. The monoisotopic (exact) mass is 753 g/mol. The first-order chi connectivity index (χ1) is 25.3. The summed E-state index contributed by atoms with van der Waals surface area (Å²) in [6.07, 6.45) is 8.71. The molecule has 2 aliphatic carbocycles. The number of sulfonamides is 1. The molecule has 5 atom stereocenters. The van der Waals surface area contributed by atoms with Crippen molar-refractivity contribution in [3.8, 4) is 5.75 Å². The van der Waals surface area contributed by atoms with Gasteiger partial charge in [-0.1, -0.05) is 43.2 Å². The summed E-state index contributed by atoms with van der Waals surface area (Å²) in [5.41, 5.74) is -0.0273. The largest absolute Gasteiger partial charge is 0.483 e. The van der Waals surface area contributed by atoms with Gasteiger partial charge in [0.25, 0.3) is 5.91 Å². The van der Waals surface area contributed by atoms with Crippen LogP contribution < -0.4 is 20.1 Å². The average Bonchev–Trinajstić information content (AvgIpc) is 3.79.